The number of para-hydroxylation sites is 1. The molecule has 0 radical (unpaired) electrons. The van der Waals surface area contributed by atoms with E-state index in [0.717, 1.165) is 16.3 Å². The number of nitrogens with one attached hydrogen (secondary N) is 1. The van der Waals surface area contributed by atoms with Crippen molar-refractivity contribution in [3.05, 3.63) is 88.9 Å². The van der Waals surface area contributed by atoms with Gasteiger partial charge in [-0.2, -0.15) is 5.10 Å². The second-order valence-electron chi connectivity index (χ2n) is 5.61. The Morgan fingerprint density at radius 3 is 2.62 bits per heavy atom. The van der Waals surface area contributed by atoms with Crippen molar-refractivity contribution in [3.8, 4) is 16.3 Å². The highest BCUT2D eigenvalue weighted by Crippen LogP contribution is 2.31. The zero-order valence-electron chi connectivity index (χ0n) is 13.6. The van der Waals surface area contributed by atoms with Crippen LogP contribution >= 0.6 is 22.9 Å². The van der Waals surface area contributed by atoms with Crippen LogP contribution in [0.2, 0.25) is 5.02 Å². The number of thiophene rings is 1. The van der Waals surface area contributed by atoms with Gasteiger partial charge in [0.05, 0.1) is 22.4 Å². The molecule has 0 aliphatic carbocycles. The molecule has 4 rings (SSSR count). The normalized spacial score (nSPS) is 10.7. The first-order valence-corrected chi connectivity index (χ1v) is 9.22. The van der Waals surface area contributed by atoms with Crippen LogP contribution in [0.5, 0.6) is 0 Å². The number of carbonyl (C=O) groups excluding carboxylic acids is 1. The lowest BCUT2D eigenvalue weighted by atomic mass is 10.2. The summed E-state index contributed by atoms with van der Waals surface area (Å²) in [6.07, 6.45) is 1.83. The Bertz CT molecular complexity index is 1040. The van der Waals surface area contributed by atoms with Gasteiger partial charge < -0.3 is 5.32 Å². The number of carbonyl (C=O) groups is 1. The largest absolute Gasteiger partial charge is 0.319 e. The van der Waals surface area contributed by atoms with E-state index < -0.39 is 0 Å². The Labute approximate surface area is 159 Å². The Morgan fingerprint density at radius 2 is 1.88 bits per heavy atom. The van der Waals surface area contributed by atoms with Crippen LogP contribution in [0.4, 0.5) is 5.69 Å². The molecule has 2 aromatic carbocycles. The summed E-state index contributed by atoms with van der Waals surface area (Å²) in [6.45, 7) is 0. The number of hydrogen-bond donors (Lipinski definition) is 1. The zero-order valence-corrected chi connectivity index (χ0v) is 15.2. The van der Waals surface area contributed by atoms with E-state index in [1.807, 2.05) is 54.0 Å². The number of rotatable bonds is 4. The third kappa shape index (κ3) is 3.40. The van der Waals surface area contributed by atoms with E-state index in [-0.39, 0.29) is 5.91 Å². The number of nitrogens with zero attached hydrogens (tertiary/aromatic N) is 2. The second kappa shape index (κ2) is 7.15. The number of aromatic nitrogens is 2. The van der Waals surface area contributed by atoms with Crippen LogP contribution in [0.1, 0.15) is 10.4 Å². The van der Waals surface area contributed by atoms with Gasteiger partial charge in [0.2, 0.25) is 0 Å². The lowest BCUT2D eigenvalue weighted by Crippen LogP contribution is -2.11. The smallest absolute Gasteiger partial charge is 0.255 e. The molecule has 2 heterocycles. The summed E-state index contributed by atoms with van der Waals surface area (Å²) in [6, 6.07) is 20.6. The van der Waals surface area contributed by atoms with Gasteiger partial charge in [0.25, 0.3) is 5.91 Å². The van der Waals surface area contributed by atoms with Crippen LogP contribution in [-0.2, 0) is 0 Å². The summed E-state index contributed by atoms with van der Waals surface area (Å²) < 4.78 is 1.77. The standard InChI is InChI=1S/C20H14ClN3OS/c21-15-7-4-6-14(12-15)20(25)22-17-13-24(16-8-2-1-3-9-16)23-19(17)18-10-5-11-26-18/h1-13H,(H,22,25). The molecule has 1 amide bonds. The average molecular weight is 380 g/mol. The van der Waals surface area contributed by atoms with E-state index in [2.05, 4.69) is 10.4 Å². The fourth-order valence-corrected chi connectivity index (χ4v) is 3.51. The van der Waals surface area contributed by atoms with Crippen LogP contribution < -0.4 is 5.32 Å². The van der Waals surface area contributed by atoms with Gasteiger partial charge in [-0.1, -0.05) is 41.9 Å². The maximum atomic E-state index is 12.6. The molecular formula is C20H14ClN3OS. The van der Waals surface area contributed by atoms with Crippen molar-refractivity contribution in [2.75, 3.05) is 5.32 Å². The third-order valence-electron chi connectivity index (χ3n) is 3.82. The minimum absolute atomic E-state index is 0.224. The fourth-order valence-electron chi connectivity index (χ4n) is 2.60. The summed E-state index contributed by atoms with van der Waals surface area (Å²) in [5.41, 5.74) is 2.82. The van der Waals surface area contributed by atoms with Crippen LogP contribution in [0.3, 0.4) is 0 Å². The van der Waals surface area contributed by atoms with Crippen molar-refractivity contribution in [1.29, 1.82) is 0 Å². The average Bonchev–Trinajstić information content (AvgIpc) is 3.32. The van der Waals surface area contributed by atoms with Gasteiger partial charge in [0.15, 0.2) is 0 Å². The zero-order chi connectivity index (χ0) is 17.9. The van der Waals surface area contributed by atoms with Gasteiger partial charge >= 0.3 is 0 Å². The van der Waals surface area contributed by atoms with Gasteiger partial charge in [-0.3, -0.25) is 4.79 Å². The molecule has 0 bridgehead atoms. The number of hydrogen-bond acceptors (Lipinski definition) is 3. The van der Waals surface area contributed by atoms with Crippen molar-refractivity contribution >= 4 is 34.5 Å². The molecule has 26 heavy (non-hydrogen) atoms. The number of halogens is 1. The third-order valence-corrected chi connectivity index (χ3v) is 4.94. The van der Waals surface area contributed by atoms with Crippen LogP contribution in [-0.4, -0.2) is 15.7 Å². The molecule has 6 heteroatoms. The molecule has 0 unspecified atom stereocenters. The molecule has 0 aliphatic rings. The summed E-state index contributed by atoms with van der Waals surface area (Å²) in [5, 5.41) is 10.1. The Balaban J connectivity index is 1.72. The Kier molecular flexibility index (Phi) is 4.56. The monoisotopic (exact) mass is 379 g/mol. The first-order chi connectivity index (χ1) is 12.7. The minimum atomic E-state index is -0.224. The van der Waals surface area contributed by atoms with Crippen LogP contribution in [0, 0.1) is 0 Å². The molecule has 0 fully saturated rings. The highest BCUT2D eigenvalue weighted by Gasteiger charge is 2.16. The van der Waals surface area contributed by atoms with Crippen molar-refractivity contribution < 1.29 is 4.79 Å². The predicted molar refractivity (Wildman–Crippen MR) is 106 cm³/mol. The molecular weight excluding hydrogens is 366 g/mol. The van der Waals surface area contributed by atoms with E-state index in [0.29, 0.717) is 16.3 Å². The molecule has 0 saturated carbocycles. The molecule has 4 nitrogen and oxygen atoms in total. The fraction of sp³-hybridized carbons (Fsp3) is 0. The first kappa shape index (κ1) is 16.6. The van der Waals surface area contributed by atoms with E-state index in [9.17, 15) is 4.79 Å². The summed E-state index contributed by atoms with van der Waals surface area (Å²) in [4.78, 5) is 13.6. The van der Waals surface area contributed by atoms with Gasteiger partial charge in [-0.15, -0.1) is 11.3 Å². The summed E-state index contributed by atoms with van der Waals surface area (Å²) in [5.74, 6) is -0.224. The van der Waals surface area contributed by atoms with E-state index in [4.69, 9.17) is 11.6 Å². The maximum Gasteiger partial charge on any atom is 0.255 e. The van der Waals surface area contributed by atoms with Gasteiger partial charge in [0.1, 0.15) is 5.69 Å². The molecule has 4 aromatic rings. The molecule has 2 aromatic heterocycles. The lowest BCUT2D eigenvalue weighted by Gasteiger charge is -2.04. The Morgan fingerprint density at radius 1 is 1.04 bits per heavy atom. The van der Waals surface area contributed by atoms with Gasteiger partial charge in [-0.25, -0.2) is 4.68 Å². The first-order valence-electron chi connectivity index (χ1n) is 7.96. The molecule has 0 atom stereocenters. The van der Waals surface area contributed by atoms with Gasteiger partial charge in [0, 0.05) is 10.6 Å². The van der Waals surface area contributed by atoms with Crippen LogP contribution in [0.25, 0.3) is 16.3 Å². The number of anilines is 1. The van der Waals surface area contributed by atoms with Crippen molar-refractivity contribution in [2.24, 2.45) is 0 Å². The number of benzene rings is 2. The molecule has 0 saturated heterocycles. The summed E-state index contributed by atoms with van der Waals surface area (Å²) >= 11 is 7.57. The molecule has 0 aliphatic heterocycles. The van der Waals surface area contributed by atoms with E-state index in [1.165, 1.54) is 0 Å². The van der Waals surface area contributed by atoms with Crippen molar-refractivity contribution in [2.45, 2.75) is 0 Å². The molecule has 128 valence electrons. The highest BCUT2D eigenvalue weighted by atomic mass is 35.5. The second-order valence-corrected chi connectivity index (χ2v) is 7.00. The quantitative estimate of drug-likeness (QED) is 0.508. The molecule has 0 spiro atoms. The SMILES string of the molecule is O=C(Nc1cn(-c2ccccc2)nc1-c1cccs1)c1cccc(Cl)c1. The maximum absolute atomic E-state index is 12.6. The number of amides is 1. The topological polar surface area (TPSA) is 46.9 Å². The lowest BCUT2D eigenvalue weighted by molar-refractivity contribution is 0.102. The van der Waals surface area contributed by atoms with E-state index >= 15 is 0 Å². The van der Waals surface area contributed by atoms with Crippen molar-refractivity contribution in [1.82, 2.24) is 9.78 Å². The predicted octanol–water partition coefficient (Wildman–Crippen LogP) is 5.51. The minimum Gasteiger partial charge on any atom is -0.319 e. The van der Waals surface area contributed by atoms with Crippen molar-refractivity contribution in [3.63, 3.8) is 0 Å². The highest BCUT2D eigenvalue weighted by molar-refractivity contribution is 7.13. The Hall–Kier alpha value is -2.89. The van der Waals surface area contributed by atoms with Gasteiger partial charge in [-0.05, 0) is 41.8 Å². The van der Waals surface area contributed by atoms with E-state index in [1.54, 1.807) is 40.3 Å². The molecule has 1 N–H and O–H groups in total. The van der Waals surface area contributed by atoms with Crippen LogP contribution in [0.15, 0.2) is 78.3 Å². The summed E-state index contributed by atoms with van der Waals surface area (Å²) in [7, 11) is 0.